The van der Waals surface area contributed by atoms with Crippen LogP contribution in [0, 0.1) is 0 Å². The third-order valence-corrected chi connectivity index (χ3v) is 5.59. The van der Waals surface area contributed by atoms with E-state index in [-0.39, 0.29) is 29.5 Å². The maximum atomic E-state index is 12.3. The maximum Gasteiger partial charge on any atom is 0.355 e. The van der Waals surface area contributed by atoms with E-state index in [0.29, 0.717) is 12.2 Å². The number of ether oxygens (including phenoxy) is 3. The summed E-state index contributed by atoms with van der Waals surface area (Å²) in [5.41, 5.74) is 0.491. The van der Waals surface area contributed by atoms with Crippen molar-refractivity contribution < 1.29 is 32.2 Å². The van der Waals surface area contributed by atoms with Gasteiger partial charge in [0.25, 0.3) is 0 Å². The molecule has 1 aliphatic heterocycles. The minimum Gasteiger partial charge on any atom is -0.466 e. The number of methoxy groups -OCH3 is 2. The van der Waals surface area contributed by atoms with E-state index in [2.05, 4.69) is 4.72 Å². The fraction of sp³-hybridized carbons (Fsp3) is 0.444. The molecule has 1 aromatic rings. The van der Waals surface area contributed by atoms with Gasteiger partial charge >= 0.3 is 11.9 Å². The van der Waals surface area contributed by atoms with Gasteiger partial charge in [0, 0.05) is 12.2 Å². The summed E-state index contributed by atoms with van der Waals surface area (Å²) in [6, 6.07) is 5.90. The van der Waals surface area contributed by atoms with Crippen LogP contribution >= 0.6 is 0 Å². The highest BCUT2D eigenvalue weighted by Crippen LogP contribution is 2.27. The predicted octanol–water partition coefficient (Wildman–Crippen LogP) is 1.16. The van der Waals surface area contributed by atoms with Gasteiger partial charge in [-0.15, -0.1) is 0 Å². The number of unbranched alkanes of at least 4 members (excludes halogenated alkanes) is 1. The number of carbonyl (C=O) groups excluding carboxylic acids is 2. The van der Waals surface area contributed by atoms with Crippen LogP contribution in [0.4, 0.5) is 5.69 Å². The summed E-state index contributed by atoms with van der Waals surface area (Å²) in [4.78, 5) is 25.8. The summed E-state index contributed by atoms with van der Waals surface area (Å²) in [7, 11) is -1.21. The van der Waals surface area contributed by atoms with Gasteiger partial charge in [-0.1, -0.05) is 13.3 Å². The molecular weight excluding hydrogens is 388 g/mol. The molecule has 0 radical (unpaired) electrons. The number of nitrogens with one attached hydrogen (secondary N) is 1. The van der Waals surface area contributed by atoms with E-state index in [0.717, 1.165) is 12.8 Å². The van der Waals surface area contributed by atoms with Gasteiger partial charge in [-0.2, -0.15) is 0 Å². The topological polar surface area (TPSA) is 111 Å². The van der Waals surface area contributed by atoms with Crippen molar-refractivity contribution in [1.29, 1.82) is 0 Å². The second-order valence-electron chi connectivity index (χ2n) is 5.96. The number of hydrogen-bond donors (Lipinski definition) is 1. The van der Waals surface area contributed by atoms with Crippen molar-refractivity contribution in [3.8, 4) is 0 Å². The molecule has 1 heterocycles. The van der Waals surface area contributed by atoms with E-state index < -0.39 is 22.0 Å². The summed E-state index contributed by atoms with van der Waals surface area (Å²) >= 11 is 0. The molecule has 28 heavy (non-hydrogen) atoms. The molecule has 0 spiro atoms. The molecule has 1 N–H and O–H groups in total. The highest BCUT2D eigenvalue weighted by molar-refractivity contribution is 7.89. The van der Waals surface area contributed by atoms with Crippen molar-refractivity contribution in [3.05, 3.63) is 35.5 Å². The molecule has 0 unspecified atom stereocenters. The maximum absolute atomic E-state index is 12.3. The van der Waals surface area contributed by atoms with Crippen molar-refractivity contribution in [1.82, 2.24) is 4.72 Å². The Hall–Kier alpha value is -2.43. The zero-order chi connectivity index (χ0) is 20.7. The Kier molecular flexibility index (Phi) is 7.55. The lowest BCUT2D eigenvalue weighted by Gasteiger charge is -2.31. The van der Waals surface area contributed by atoms with Crippen LogP contribution in [-0.2, 0) is 33.8 Å². The molecule has 0 saturated heterocycles. The third-order valence-electron chi connectivity index (χ3n) is 4.11. The van der Waals surface area contributed by atoms with Crippen LogP contribution in [-0.4, -0.2) is 54.5 Å². The Morgan fingerprint density at radius 3 is 2.36 bits per heavy atom. The number of benzene rings is 1. The van der Waals surface area contributed by atoms with Crippen molar-refractivity contribution in [2.24, 2.45) is 0 Å². The number of rotatable bonds is 8. The zero-order valence-corrected chi connectivity index (χ0v) is 16.9. The van der Waals surface area contributed by atoms with Crippen molar-refractivity contribution in [2.45, 2.75) is 24.7 Å². The monoisotopic (exact) mass is 412 g/mol. The van der Waals surface area contributed by atoms with E-state index in [1.54, 1.807) is 0 Å². The Balaban J connectivity index is 2.35. The number of carbonyl (C=O) groups is 2. The average Bonchev–Trinajstić information content (AvgIpc) is 2.72. The summed E-state index contributed by atoms with van der Waals surface area (Å²) in [6.45, 7) is 2.23. The van der Waals surface area contributed by atoms with Gasteiger partial charge in [0.15, 0.2) is 0 Å². The molecule has 0 aromatic heterocycles. The first-order valence-corrected chi connectivity index (χ1v) is 10.2. The molecule has 9 nitrogen and oxygen atoms in total. The van der Waals surface area contributed by atoms with E-state index in [4.69, 9.17) is 14.2 Å². The predicted molar refractivity (Wildman–Crippen MR) is 101 cm³/mol. The number of esters is 2. The van der Waals surface area contributed by atoms with Crippen LogP contribution in [0.1, 0.15) is 19.8 Å². The molecule has 154 valence electrons. The summed E-state index contributed by atoms with van der Waals surface area (Å²) in [5, 5.41) is 0. The van der Waals surface area contributed by atoms with Crippen LogP contribution in [0.3, 0.4) is 0 Å². The Bertz CT molecular complexity index is 847. The first kappa shape index (κ1) is 21.9. The normalized spacial score (nSPS) is 14.8. The molecule has 10 heteroatoms. The van der Waals surface area contributed by atoms with E-state index >= 15 is 0 Å². The fourth-order valence-corrected chi connectivity index (χ4v) is 3.69. The van der Waals surface area contributed by atoms with E-state index in [1.165, 1.54) is 43.4 Å². The summed E-state index contributed by atoms with van der Waals surface area (Å²) in [6.07, 6.45) is 1.62. The smallest absolute Gasteiger partial charge is 0.355 e. The number of anilines is 1. The second-order valence-corrected chi connectivity index (χ2v) is 7.73. The lowest BCUT2D eigenvalue weighted by molar-refractivity contribution is -0.140. The van der Waals surface area contributed by atoms with Gasteiger partial charge in [0.2, 0.25) is 10.0 Å². The lowest BCUT2D eigenvalue weighted by Crippen LogP contribution is -2.38. The highest BCUT2D eigenvalue weighted by atomic mass is 32.2. The molecular formula is C18H24N2O7S. The Morgan fingerprint density at radius 1 is 1.14 bits per heavy atom. The number of hydrogen-bond acceptors (Lipinski definition) is 8. The zero-order valence-electron chi connectivity index (χ0n) is 16.1. The van der Waals surface area contributed by atoms with Crippen molar-refractivity contribution >= 4 is 27.6 Å². The first-order valence-electron chi connectivity index (χ1n) is 8.70. The average molecular weight is 412 g/mol. The minimum atomic E-state index is -3.62. The molecule has 0 saturated carbocycles. The second kappa shape index (κ2) is 9.67. The highest BCUT2D eigenvalue weighted by Gasteiger charge is 2.32. The summed E-state index contributed by atoms with van der Waals surface area (Å²) in [5.74, 6) is -1.42. The van der Waals surface area contributed by atoms with Gasteiger partial charge in [0.1, 0.15) is 12.4 Å². The standard InChI is InChI=1S/C18H24N2O7S/c1-4-5-10-19-28(23,24)14-8-6-13(7-9-14)20-12-27-11-15(17(21)25-2)16(20)18(22)26-3/h6-9,19H,4-5,10-12H2,1-3H3. The third kappa shape index (κ3) is 4.89. The molecule has 1 aliphatic rings. The van der Waals surface area contributed by atoms with Crippen LogP contribution in [0.15, 0.2) is 40.4 Å². The van der Waals surface area contributed by atoms with E-state index in [9.17, 15) is 18.0 Å². The van der Waals surface area contributed by atoms with Crippen LogP contribution in [0.5, 0.6) is 0 Å². The molecule has 2 rings (SSSR count). The molecule has 0 fully saturated rings. The van der Waals surface area contributed by atoms with Gasteiger partial charge in [-0.25, -0.2) is 22.7 Å². The van der Waals surface area contributed by atoms with Crippen molar-refractivity contribution in [3.63, 3.8) is 0 Å². The SMILES string of the molecule is CCCCNS(=O)(=O)c1ccc(N2COCC(C(=O)OC)=C2C(=O)OC)cc1. The lowest BCUT2D eigenvalue weighted by atomic mass is 10.1. The van der Waals surface area contributed by atoms with Crippen LogP contribution < -0.4 is 9.62 Å². The van der Waals surface area contributed by atoms with Gasteiger partial charge < -0.3 is 19.1 Å². The van der Waals surface area contributed by atoms with Gasteiger partial charge in [-0.05, 0) is 30.7 Å². The van der Waals surface area contributed by atoms with Crippen molar-refractivity contribution in [2.75, 3.05) is 39.0 Å². The van der Waals surface area contributed by atoms with Crippen LogP contribution in [0.2, 0.25) is 0 Å². The quantitative estimate of drug-likeness (QED) is 0.500. The van der Waals surface area contributed by atoms with E-state index in [1.807, 2.05) is 6.92 Å². The number of sulfonamides is 1. The Labute approximate surface area is 164 Å². The van der Waals surface area contributed by atoms with Gasteiger partial charge in [-0.3, -0.25) is 0 Å². The Morgan fingerprint density at radius 2 is 1.79 bits per heavy atom. The molecule has 0 bridgehead atoms. The molecule has 1 aromatic carbocycles. The van der Waals surface area contributed by atoms with Crippen LogP contribution in [0.25, 0.3) is 0 Å². The van der Waals surface area contributed by atoms with Gasteiger partial charge in [0.05, 0.1) is 31.3 Å². The molecule has 0 atom stereocenters. The number of nitrogens with zero attached hydrogens (tertiary/aromatic N) is 1. The fourth-order valence-electron chi connectivity index (χ4n) is 2.62. The largest absolute Gasteiger partial charge is 0.466 e. The molecule has 0 amide bonds. The molecule has 0 aliphatic carbocycles. The first-order chi connectivity index (χ1) is 13.4. The summed E-state index contributed by atoms with van der Waals surface area (Å²) < 4.78 is 42.0. The minimum absolute atomic E-state index is 0.00252.